The quantitative estimate of drug-likeness (QED) is 0.942. The van der Waals surface area contributed by atoms with Gasteiger partial charge in [0.05, 0.1) is 11.4 Å². The smallest absolute Gasteiger partial charge is 0.0694 e. The van der Waals surface area contributed by atoms with Crippen molar-refractivity contribution in [2.24, 2.45) is 5.73 Å². The molecule has 1 fully saturated rings. The average Bonchev–Trinajstić information content (AvgIpc) is 3.08. The summed E-state index contributed by atoms with van der Waals surface area (Å²) >= 11 is 3.49. The normalized spacial score (nSPS) is 16.8. The van der Waals surface area contributed by atoms with Gasteiger partial charge in [-0.3, -0.25) is 0 Å². The Bertz CT molecular complexity index is 570. The van der Waals surface area contributed by atoms with Crippen LogP contribution in [0.4, 0.5) is 0 Å². The van der Waals surface area contributed by atoms with Crippen LogP contribution in [0.2, 0.25) is 0 Å². The van der Waals surface area contributed by atoms with Crippen LogP contribution in [0.3, 0.4) is 0 Å². The van der Waals surface area contributed by atoms with E-state index in [0.29, 0.717) is 5.92 Å². The van der Waals surface area contributed by atoms with E-state index in [9.17, 15) is 0 Å². The van der Waals surface area contributed by atoms with Gasteiger partial charge < -0.3 is 5.73 Å². The average molecular weight is 306 g/mol. The summed E-state index contributed by atoms with van der Waals surface area (Å²) in [5.74, 6) is 0.681. The second-order valence-electron chi connectivity index (χ2n) is 4.95. The number of nitrogens with two attached hydrogens (primary N) is 1. The molecule has 0 spiro atoms. The lowest BCUT2D eigenvalue weighted by Gasteiger charge is -2.13. The van der Waals surface area contributed by atoms with E-state index in [1.807, 2.05) is 23.9 Å². The maximum Gasteiger partial charge on any atom is 0.0694 e. The number of nitrogens with zero attached hydrogens (tertiary/aromatic N) is 2. The van der Waals surface area contributed by atoms with Gasteiger partial charge in [-0.2, -0.15) is 5.10 Å². The van der Waals surface area contributed by atoms with Crippen LogP contribution >= 0.6 is 15.9 Å². The first-order valence-electron chi connectivity index (χ1n) is 6.26. The summed E-state index contributed by atoms with van der Waals surface area (Å²) in [5.41, 5.74) is 9.42. The van der Waals surface area contributed by atoms with Gasteiger partial charge in [0, 0.05) is 22.6 Å². The third kappa shape index (κ3) is 2.22. The molecule has 0 saturated heterocycles. The van der Waals surface area contributed by atoms with E-state index in [-0.39, 0.29) is 6.04 Å². The van der Waals surface area contributed by atoms with E-state index in [2.05, 4.69) is 39.2 Å². The molecule has 1 saturated carbocycles. The molecule has 94 valence electrons. The zero-order valence-electron chi connectivity index (χ0n) is 10.3. The van der Waals surface area contributed by atoms with E-state index in [0.717, 1.165) is 15.7 Å². The van der Waals surface area contributed by atoms with Crippen LogP contribution in [0.15, 0.2) is 34.9 Å². The Labute approximate surface area is 115 Å². The topological polar surface area (TPSA) is 43.8 Å². The molecule has 3 rings (SSSR count). The minimum Gasteiger partial charge on any atom is -0.324 e. The van der Waals surface area contributed by atoms with Gasteiger partial charge in [0.1, 0.15) is 0 Å². The first-order chi connectivity index (χ1) is 8.65. The first kappa shape index (κ1) is 11.9. The molecule has 1 unspecified atom stereocenters. The first-order valence-corrected chi connectivity index (χ1v) is 7.05. The Morgan fingerprint density at radius 2 is 2.17 bits per heavy atom. The Morgan fingerprint density at radius 1 is 1.39 bits per heavy atom. The predicted octanol–water partition coefficient (Wildman–Crippen LogP) is 3.53. The van der Waals surface area contributed by atoms with Crippen LogP contribution < -0.4 is 5.73 Å². The molecule has 1 atom stereocenters. The summed E-state index contributed by atoms with van der Waals surface area (Å²) < 4.78 is 2.99. The Hall–Kier alpha value is -1.13. The molecular formula is C14H16BrN3. The maximum atomic E-state index is 6.04. The highest BCUT2D eigenvalue weighted by atomic mass is 79.9. The molecule has 2 aromatic rings. The highest BCUT2D eigenvalue weighted by molar-refractivity contribution is 9.10. The fourth-order valence-corrected chi connectivity index (χ4v) is 2.55. The van der Waals surface area contributed by atoms with Crippen LogP contribution in [0.5, 0.6) is 0 Å². The van der Waals surface area contributed by atoms with Crippen molar-refractivity contribution in [3.63, 3.8) is 0 Å². The Balaban J connectivity index is 2.03. The van der Waals surface area contributed by atoms with E-state index in [1.54, 1.807) is 0 Å². The molecule has 2 N–H and O–H groups in total. The van der Waals surface area contributed by atoms with Gasteiger partial charge in [-0.1, -0.05) is 15.9 Å². The SMILES string of the molecule is CC(N)c1cc(Br)ccc1-n1ccc(C2CC2)n1. The van der Waals surface area contributed by atoms with Gasteiger partial charge in [-0.05, 0) is 49.6 Å². The lowest BCUT2D eigenvalue weighted by atomic mass is 10.1. The summed E-state index contributed by atoms with van der Waals surface area (Å²) in [6, 6.07) is 8.26. The standard InChI is InChI=1S/C14H16BrN3/c1-9(16)12-8-11(15)4-5-14(12)18-7-6-13(17-18)10-2-3-10/h4-10H,2-3,16H2,1H3. The largest absolute Gasteiger partial charge is 0.324 e. The zero-order chi connectivity index (χ0) is 12.7. The number of halogens is 1. The summed E-state index contributed by atoms with van der Waals surface area (Å²) in [7, 11) is 0. The lowest BCUT2D eigenvalue weighted by molar-refractivity contribution is 0.770. The van der Waals surface area contributed by atoms with Crippen LogP contribution in [0, 0.1) is 0 Å². The highest BCUT2D eigenvalue weighted by Gasteiger charge is 2.26. The van der Waals surface area contributed by atoms with Gasteiger partial charge in [-0.25, -0.2) is 4.68 Å². The van der Waals surface area contributed by atoms with E-state index in [1.165, 1.54) is 18.5 Å². The monoisotopic (exact) mass is 305 g/mol. The number of hydrogen-bond donors (Lipinski definition) is 1. The maximum absolute atomic E-state index is 6.04. The number of aromatic nitrogens is 2. The van der Waals surface area contributed by atoms with E-state index < -0.39 is 0 Å². The van der Waals surface area contributed by atoms with Crippen LogP contribution in [-0.2, 0) is 0 Å². The van der Waals surface area contributed by atoms with Crippen molar-refractivity contribution in [2.75, 3.05) is 0 Å². The van der Waals surface area contributed by atoms with Gasteiger partial charge in [0.2, 0.25) is 0 Å². The van der Waals surface area contributed by atoms with Crippen molar-refractivity contribution in [1.82, 2.24) is 9.78 Å². The molecular weight excluding hydrogens is 290 g/mol. The second-order valence-corrected chi connectivity index (χ2v) is 5.87. The van der Waals surface area contributed by atoms with Crippen LogP contribution in [0.1, 0.15) is 43.0 Å². The van der Waals surface area contributed by atoms with Crippen molar-refractivity contribution in [1.29, 1.82) is 0 Å². The third-order valence-corrected chi connectivity index (χ3v) is 3.83. The Kier molecular flexibility index (Phi) is 2.99. The molecule has 4 heteroatoms. The minimum atomic E-state index is -0.00826. The highest BCUT2D eigenvalue weighted by Crippen LogP contribution is 2.39. The zero-order valence-corrected chi connectivity index (χ0v) is 11.9. The third-order valence-electron chi connectivity index (χ3n) is 3.33. The molecule has 18 heavy (non-hydrogen) atoms. The summed E-state index contributed by atoms with van der Waals surface area (Å²) in [6.07, 6.45) is 4.58. The molecule has 1 heterocycles. The van der Waals surface area contributed by atoms with Crippen molar-refractivity contribution in [3.8, 4) is 5.69 Å². The number of benzene rings is 1. The fraction of sp³-hybridized carbons (Fsp3) is 0.357. The number of rotatable bonds is 3. The summed E-state index contributed by atoms with van der Waals surface area (Å²) in [5, 5.41) is 4.66. The molecule has 1 aromatic carbocycles. The molecule has 3 nitrogen and oxygen atoms in total. The van der Waals surface area contributed by atoms with Crippen LogP contribution in [0.25, 0.3) is 5.69 Å². The molecule has 1 aliphatic rings. The molecule has 0 bridgehead atoms. The van der Waals surface area contributed by atoms with E-state index in [4.69, 9.17) is 5.73 Å². The summed E-state index contributed by atoms with van der Waals surface area (Å²) in [6.45, 7) is 2.00. The van der Waals surface area contributed by atoms with Crippen molar-refractivity contribution in [2.45, 2.75) is 31.7 Å². The molecule has 1 aliphatic carbocycles. The second kappa shape index (κ2) is 4.52. The fourth-order valence-electron chi connectivity index (χ4n) is 2.17. The number of hydrogen-bond acceptors (Lipinski definition) is 2. The Morgan fingerprint density at radius 3 is 2.83 bits per heavy atom. The van der Waals surface area contributed by atoms with Crippen molar-refractivity contribution < 1.29 is 0 Å². The minimum absolute atomic E-state index is 0.00826. The van der Waals surface area contributed by atoms with Crippen molar-refractivity contribution in [3.05, 3.63) is 46.2 Å². The summed E-state index contributed by atoms with van der Waals surface area (Å²) in [4.78, 5) is 0. The van der Waals surface area contributed by atoms with Crippen molar-refractivity contribution >= 4 is 15.9 Å². The predicted molar refractivity (Wildman–Crippen MR) is 75.8 cm³/mol. The molecule has 0 aliphatic heterocycles. The van der Waals surface area contributed by atoms with Gasteiger partial charge >= 0.3 is 0 Å². The molecule has 0 amide bonds. The lowest BCUT2D eigenvalue weighted by Crippen LogP contribution is -2.10. The van der Waals surface area contributed by atoms with Gasteiger partial charge in [-0.15, -0.1) is 0 Å². The van der Waals surface area contributed by atoms with Gasteiger partial charge in [0.15, 0.2) is 0 Å². The van der Waals surface area contributed by atoms with Gasteiger partial charge in [0.25, 0.3) is 0 Å². The van der Waals surface area contributed by atoms with Crippen LogP contribution in [-0.4, -0.2) is 9.78 Å². The van der Waals surface area contributed by atoms with E-state index >= 15 is 0 Å². The molecule has 0 radical (unpaired) electrons. The molecule has 1 aromatic heterocycles.